The minimum Gasteiger partial charge on any atom is -0.492 e. The van der Waals surface area contributed by atoms with Gasteiger partial charge in [0.05, 0.1) is 12.3 Å². The molecular formula is C16H19N3O5. The van der Waals surface area contributed by atoms with Gasteiger partial charge in [0, 0.05) is 12.8 Å². The van der Waals surface area contributed by atoms with E-state index in [0.29, 0.717) is 18.0 Å². The molecule has 0 saturated heterocycles. The molecule has 0 unspecified atom stereocenters. The standard InChI is InChI=1S/C16H19N3O5/c1-3-23-13-7-5-4-6-11(13)17-15(21)10(2)24-16(22)12-8-9-14(20)19-18-12/h4-7,10H,3,8-9H2,1-2H3,(H,17,21)(H,19,20)/t10-/m1/s1. The van der Waals surface area contributed by atoms with E-state index in [1.54, 1.807) is 24.3 Å². The third kappa shape index (κ3) is 4.55. The number of rotatable bonds is 6. The molecule has 0 fully saturated rings. The SMILES string of the molecule is CCOc1ccccc1NC(=O)[C@@H](C)OC(=O)C1=NNC(=O)CC1. The van der Waals surface area contributed by atoms with Gasteiger partial charge in [-0.05, 0) is 26.0 Å². The number of esters is 1. The van der Waals surface area contributed by atoms with Crippen LogP contribution in [0.1, 0.15) is 26.7 Å². The van der Waals surface area contributed by atoms with Crippen LogP contribution in [-0.4, -0.2) is 36.2 Å². The van der Waals surface area contributed by atoms with Gasteiger partial charge in [-0.2, -0.15) is 5.10 Å². The highest BCUT2D eigenvalue weighted by Gasteiger charge is 2.24. The molecule has 1 heterocycles. The van der Waals surface area contributed by atoms with Crippen LogP contribution >= 0.6 is 0 Å². The molecule has 0 aromatic heterocycles. The number of amides is 2. The highest BCUT2D eigenvalue weighted by atomic mass is 16.5. The third-order valence-electron chi connectivity index (χ3n) is 3.24. The summed E-state index contributed by atoms with van der Waals surface area (Å²) in [5.41, 5.74) is 2.79. The van der Waals surface area contributed by atoms with E-state index in [9.17, 15) is 14.4 Å². The smallest absolute Gasteiger partial charge is 0.355 e. The average molecular weight is 333 g/mol. The molecule has 0 radical (unpaired) electrons. The van der Waals surface area contributed by atoms with Gasteiger partial charge in [-0.3, -0.25) is 9.59 Å². The first-order valence-corrected chi connectivity index (χ1v) is 7.60. The first-order valence-electron chi connectivity index (χ1n) is 7.60. The highest BCUT2D eigenvalue weighted by molar-refractivity contribution is 6.37. The third-order valence-corrected chi connectivity index (χ3v) is 3.24. The van der Waals surface area contributed by atoms with Gasteiger partial charge in [0.15, 0.2) is 6.10 Å². The van der Waals surface area contributed by atoms with Gasteiger partial charge in [-0.25, -0.2) is 10.2 Å². The summed E-state index contributed by atoms with van der Waals surface area (Å²) in [6.45, 7) is 3.76. The van der Waals surface area contributed by atoms with Gasteiger partial charge in [0.1, 0.15) is 11.5 Å². The van der Waals surface area contributed by atoms with Crippen LogP contribution in [0.3, 0.4) is 0 Å². The number of ether oxygens (including phenoxy) is 2. The molecule has 8 heteroatoms. The Labute approximate surface area is 139 Å². The molecule has 0 bridgehead atoms. The number of carbonyl (C=O) groups excluding carboxylic acids is 3. The van der Waals surface area contributed by atoms with Crippen molar-refractivity contribution in [2.24, 2.45) is 5.10 Å². The van der Waals surface area contributed by atoms with E-state index < -0.39 is 18.0 Å². The van der Waals surface area contributed by atoms with Crippen LogP contribution in [0.4, 0.5) is 5.69 Å². The number of hydrazone groups is 1. The van der Waals surface area contributed by atoms with Crippen molar-refractivity contribution in [3.05, 3.63) is 24.3 Å². The molecule has 24 heavy (non-hydrogen) atoms. The van der Waals surface area contributed by atoms with E-state index >= 15 is 0 Å². The summed E-state index contributed by atoms with van der Waals surface area (Å²) in [7, 11) is 0. The quantitative estimate of drug-likeness (QED) is 0.761. The van der Waals surface area contributed by atoms with Crippen molar-refractivity contribution in [3.8, 4) is 5.75 Å². The van der Waals surface area contributed by atoms with Crippen LogP contribution in [0, 0.1) is 0 Å². The van der Waals surface area contributed by atoms with Crippen LogP contribution in [0.2, 0.25) is 0 Å². The molecule has 0 spiro atoms. The second-order valence-corrected chi connectivity index (χ2v) is 5.06. The molecule has 1 atom stereocenters. The maximum Gasteiger partial charge on any atom is 0.355 e. The Kier molecular flexibility index (Phi) is 5.89. The van der Waals surface area contributed by atoms with Gasteiger partial charge in [0.2, 0.25) is 5.91 Å². The lowest BCUT2D eigenvalue weighted by molar-refractivity contribution is -0.146. The van der Waals surface area contributed by atoms with E-state index in [-0.39, 0.29) is 24.5 Å². The van der Waals surface area contributed by atoms with Crippen LogP contribution in [0.25, 0.3) is 0 Å². The van der Waals surface area contributed by atoms with Gasteiger partial charge in [-0.1, -0.05) is 12.1 Å². The number of nitrogens with zero attached hydrogens (tertiary/aromatic N) is 1. The van der Waals surface area contributed by atoms with E-state index in [1.165, 1.54) is 6.92 Å². The molecule has 1 aliphatic rings. The number of benzene rings is 1. The zero-order valence-corrected chi connectivity index (χ0v) is 13.5. The second kappa shape index (κ2) is 8.09. The topological polar surface area (TPSA) is 106 Å². The fourth-order valence-electron chi connectivity index (χ4n) is 1.99. The molecular weight excluding hydrogens is 314 g/mol. The maximum atomic E-state index is 12.2. The summed E-state index contributed by atoms with van der Waals surface area (Å²) < 4.78 is 10.5. The van der Waals surface area contributed by atoms with Crippen LogP contribution in [0.15, 0.2) is 29.4 Å². The Balaban J connectivity index is 1.95. The summed E-state index contributed by atoms with van der Waals surface area (Å²) in [5, 5.41) is 6.30. The Morgan fingerprint density at radius 3 is 2.75 bits per heavy atom. The lowest BCUT2D eigenvalue weighted by Gasteiger charge is -2.17. The van der Waals surface area contributed by atoms with E-state index in [2.05, 4.69) is 15.8 Å². The Morgan fingerprint density at radius 2 is 2.08 bits per heavy atom. The second-order valence-electron chi connectivity index (χ2n) is 5.06. The predicted octanol–water partition coefficient (Wildman–Crippen LogP) is 1.22. The Bertz CT molecular complexity index is 671. The van der Waals surface area contributed by atoms with Crippen LogP contribution < -0.4 is 15.5 Å². The van der Waals surface area contributed by atoms with Gasteiger partial charge in [0.25, 0.3) is 5.91 Å². The van der Waals surface area contributed by atoms with Crippen LogP contribution in [-0.2, 0) is 19.1 Å². The zero-order chi connectivity index (χ0) is 17.5. The predicted molar refractivity (Wildman–Crippen MR) is 86.6 cm³/mol. The van der Waals surface area contributed by atoms with Crippen molar-refractivity contribution in [3.63, 3.8) is 0 Å². The first kappa shape index (κ1) is 17.5. The van der Waals surface area contributed by atoms with Gasteiger partial charge in [-0.15, -0.1) is 0 Å². The molecule has 128 valence electrons. The van der Waals surface area contributed by atoms with Crippen LogP contribution in [0.5, 0.6) is 5.75 Å². The van der Waals surface area contributed by atoms with Crippen molar-refractivity contribution in [1.82, 2.24) is 5.43 Å². The number of hydrogen-bond acceptors (Lipinski definition) is 6. The number of carbonyl (C=O) groups is 3. The summed E-state index contributed by atoms with van der Waals surface area (Å²) in [6, 6.07) is 6.97. The highest BCUT2D eigenvalue weighted by Crippen LogP contribution is 2.23. The molecule has 1 aromatic rings. The Morgan fingerprint density at radius 1 is 1.33 bits per heavy atom. The first-order chi connectivity index (χ1) is 11.5. The molecule has 0 saturated carbocycles. The molecule has 1 aromatic carbocycles. The normalized spacial score (nSPS) is 14.9. The molecule has 2 amide bonds. The number of anilines is 1. The average Bonchev–Trinajstić information content (AvgIpc) is 2.57. The largest absolute Gasteiger partial charge is 0.492 e. The van der Waals surface area contributed by atoms with E-state index in [1.807, 2.05) is 6.92 Å². The Hall–Kier alpha value is -2.90. The van der Waals surface area contributed by atoms with Gasteiger partial charge < -0.3 is 14.8 Å². The maximum absolute atomic E-state index is 12.2. The summed E-state index contributed by atoms with van der Waals surface area (Å²) >= 11 is 0. The molecule has 8 nitrogen and oxygen atoms in total. The lowest BCUT2D eigenvalue weighted by atomic mass is 10.2. The lowest BCUT2D eigenvalue weighted by Crippen LogP contribution is -2.35. The molecule has 1 aliphatic heterocycles. The van der Waals surface area contributed by atoms with E-state index in [0.717, 1.165) is 0 Å². The number of para-hydroxylation sites is 2. The minimum absolute atomic E-state index is 0.0870. The molecule has 2 N–H and O–H groups in total. The number of hydrogen-bond donors (Lipinski definition) is 2. The fraction of sp³-hybridized carbons (Fsp3) is 0.375. The summed E-state index contributed by atoms with van der Waals surface area (Å²) in [4.78, 5) is 35.1. The van der Waals surface area contributed by atoms with Crippen molar-refractivity contribution in [1.29, 1.82) is 0 Å². The monoisotopic (exact) mass is 333 g/mol. The minimum atomic E-state index is -1.02. The summed E-state index contributed by atoms with van der Waals surface area (Å²) in [6.07, 6.45) is -0.671. The summed E-state index contributed by atoms with van der Waals surface area (Å²) in [5.74, 6) is -0.942. The number of nitrogens with one attached hydrogen (secondary N) is 2. The molecule has 0 aliphatic carbocycles. The van der Waals surface area contributed by atoms with Crippen molar-refractivity contribution < 1.29 is 23.9 Å². The van der Waals surface area contributed by atoms with E-state index in [4.69, 9.17) is 9.47 Å². The van der Waals surface area contributed by atoms with Gasteiger partial charge >= 0.3 is 5.97 Å². The van der Waals surface area contributed by atoms with Crippen molar-refractivity contribution >= 4 is 29.2 Å². The van der Waals surface area contributed by atoms with Crippen molar-refractivity contribution in [2.45, 2.75) is 32.8 Å². The van der Waals surface area contributed by atoms with Crippen molar-refractivity contribution in [2.75, 3.05) is 11.9 Å². The molecule has 2 rings (SSSR count). The fourth-order valence-corrected chi connectivity index (χ4v) is 1.99. The zero-order valence-electron chi connectivity index (χ0n) is 13.5.